The second-order valence-electron chi connectivity index (χ2n) is 7.60. The zero-order valence-corrected chi connectivity index (χ0v) is 18.8. The van der Waals surface area contributed by atoms with E-state index in [2.05, 4.69) is 15.1 Å². The third-order valence-corrected chi connectivity index (χ3v) is 6.86. The topological polar surface area (TPSA) is 122 Å². The molecule has 0 saturated carbocycles. The highest BCUT2D eigenvalue weighted by atomic mass is 32.2. The normalized spacial score (nSPS) is 14.1. The summed E-state index contributed by atoms with van der Waals surface area (Å²) in [5.74, 6) is 0.108. The molecular weight excluding hydrogens is 456 g/mol. The number of anilines is 1. The molecule has 0 bridgehead atoms. The smallest absolute Gasteiger partial charge is 0.286 e. The van der Waals surface area contributed by atoms with Gasteiger partial charge in [0.15, 0.2) is 5.84 Å². The van der Waals surface area contributed by atoms with Crippen LogP contribution in [0.15, 0.2) is 86.9 Å². The van der Waals surface area contributed by atoms with Crippen molar-refractivity contribution in [1.29, 1.82) is 0 Å². The number of methoxy groups -OCH3 is 1. The molecule has 172 valence electrons. The Bertz CT molecular complexity index is 1610. The Hall–Kier alpha value is -4.31. The number of hydrogen-bond acceptors (Lipinski definition) is 7. The number of hydrogen-bond donors (Lipinski definition) is 3. The number of amidine groups is 1. The van der Waals surface area contributed by atoms with Crippen molar-refractivity contribution in [2.75, 3.05) is 17.9 Å². The molecule has 0 aliphatic carbocycles. The third kappa shape index (κ3) is 3.63. The minimum absolute atomic E-state index is 0.00279. The Morgan fingerprint density at radius 3 is 2.50 bits per heavy atom. The molecule has 0 atom stereocenters. The minimum Gasteiger partial charge on any atom is -0.506 e. The van der Waals surface area contributed by atoms with Crippen molar-refractivity contribution in [2.24, 2.45) is 4.40 Å². The zero-order valence-electron chi connectivity index (χ0n) is 18.0. The highest BCUT2D eigenvalue weighted by molar-refractivity contribution is 7.90. The van der Waals surface area contributed by atoms with Crippen LogP contribution in [0.25, 0.3) is 10.9 Å². The summed E-state index contributed by atoms with van der Waals surface area (Å²) in [5, 5.41) is 14.2. The van der Waals surface area contributed by atoms with Gasteiger partial charge in [-0.1, -0.05) is 36.4 Å². The Labute approximate surface area is 195 Å². The molecule has 2 heterocycles. The lowest BCUT2D eigenvalue weighted by atomic mass is 10.1. The van der Waals surface area contributed by atoms with Crippen LogP contribution in [0.4, 0.5) is 5.69 Å². The van der Waals surface area contributed by atoms with E-state index < -0.39 is 15.6 Å². The van der Waals surface area contributed by atoms with Gasteiger partial charge in [0.25, 0.3) is 15.6 Å². The number of nitrogens with zero attached hydrogens (tertiary/aromatic N) is 2. The first kappa shape index (κ1) is 21.5. The van der Waals surface area contributed by atoms with E-state index in [1.165, 1.54) is 10.7 Å². The van der Waals surface area contributed by atoms with Gasteiger partial charge in [0.05, 0.1) is 24.9 Å². The highest BCUT2D eigenvalue weighted by Crippen LogP contribution is 2.32. The molecule has 9 nitrogen and oxygen atoms in total. The summed E-state index contributed by atoms with van der Waals surface area (Å²) >= 11 is 0. The van der Waals surface area contributed by atoms with Crippen LogP contribution in [0.3, 0.4) is 0 Å². The third-order valence-electron chi connectivity index (χ3n) is 5.52. The molecule has 0 unspecified atom stereocenters. The van der Waals surface area contributed by atoms with Gasteiger partial charge in [0.1, 0.15) is 22.0 Å². The summed E-state index contributed by atoms with van der Waals surface area (Å²) in [7, 11) is -2.49. The number of rotatable bonds is 5. The summed E-state index contributed by atoms with van der Waals surface area (Å²) in [5.41, 5.74) is 3.77. The molecule has 0 amide bonds. The van der Waals surface area contributed by atoms with Gasteiger partial charge in [-0.15, -0.1) is 4.40 Å². The number of sulfonamides is 1. The standard InChI is InChI=1S/C24H20N4O5S/c1-33-16-12-10-15(11-13-16)14-25-28-19-8-4-2-6-17(19)22(29)21(24(28)30)23-26-18-7-3-5-9-20(18)34(31,32)27-23/h2-13,25,29H,14H2,1H3,(H,26,27). The highest BCUT2D eigenvalue weighted by Gasteiger charge is 2.29. The zero-order chi connectivity index (χ0) is 23.9. The number of nitrogens with one attached hydrogen (secondary N) is 2. The van der Waals surface area contributed by atoms with Gasteiger partial charge < -0.3 is 20.6 Å². The number of fused-ring (bicyclic) bond motifs is 2. The lowest BCUT2D eigenvalue weighted by molar-refractivity contribution is 0.414. The second-order valence-corrected chi connectivity index (χ2v) is 9.17. The maximum absolute atomic E-state index is 13.6. The van der Waals surface area contributed by atoms with Crippen LogP contribution in [0.5, 0.6) is 11.5 Å². The van der Waals surface area contributed by atoms with Crippen molar-refractivity contribution < 1.29 is 18.3 Å². The van der Waals surface area contributed by atoms with Crippen molar-refractivity contribution in [2.45, 2.75) is 11.4 Å². The summed E-state index contributed by atoms with van der Waals surface area (Å²) in [4.78, 5) is 13.5. The molecule has 4 aromatic rings. The van der Waals surface area contributed by atoms with Crippen LogP contribution in [0, 0.1) is 0 Å². The number of para-hydroxylation sites is 2. The van der Waals surface area contributed by atoms with Gasteiger partial charge >= 0.3 is 0 Å². The summed E-state index contributed by atoms with van der Waals surface area (Å²) in [6, 6.07) is 20.4. The average molecular weight is 477 g/mol. The number of benzene rings is 3. The van der Waals surface area contributed by atoms with E-state index in [1.54, 1.807) is 49.6 Å². The predicted octanol–water partition coefficient (Wildman–Crippen LogP) is 3.02. The van der Waals surface area contributed by atoms with Crippen molar-refractivity contribution >= 4 is 32.4 Å². The maximum atomic E-state index is 13.6. The quantitative estimate of drug-likeness (QED) is 0.405. The van der Waals surface area contributed by atoms with Crippen molar-refractivity contribution in [3.63, 3.8) is 0 Å². The van der Waals surface area contributed by atoms with Gasteiger partial charge in [0, 0.05) is 5.39 Å². The first-order chi connectivity index (χ1) is 16.4. The lowest BCUT2D eigenvalue weighted by Crippen LogP contribution is -2.36. The lowest BCUT2D eigenvalue weighted by Gasteiger charge is -2.21. The predicted molar refractivity (Wildman–Crippen MR) is 130 cm³/mol. The molecular formula is C24H20N4O5S. The molecule has 1 aromatic heterocycles. The number of aromatic hydroxyl groups is 1. The minimum atomic E-state index is -4.07. The molecule has 0 radical (unpaired) electrons. The van der Waals surface area contributed by atoms with Crippen LogP contribution in [0.2, 0.25) is 0 Å². The Balaban J connectivity index is 1.64. The summed E-state index contributed by atoms with van der Waals surface area (Å²) in [6.45, 7) is 0.291. The van der Waals surface area contributed by atoms with Gasteiger partial charge in [-0.3, -0.25) is 4.79 Å². The molecule has 10 heteroatoms. The van der Waals surface area contributed by atoms with E-state index in [4.69, 9.17) is 4.74 Å². The molecule has 0 spiro atoms. The fourth-order valence-corrected chi connectivity index (χ4v) is 4.96. The van der Waals surface area contributed by atoms with Crippen LogP contribution >= 0.6 is 0 Å². The molecule has 0 saturated heterocycles. The Morgan fingerprint density at radius 1 is 1.03 bits per heavy atom. The van der Waals surface area contributed by atoms with Gasteiger partial charge in [-0.25, -0.2) is 4.68 Å². The first-order valence-corrected chi connectivity index (χ1v) is 11.8. The van der Waals surface area contributed by atoms with E-state index in [9.17, 15) is 18.3 Å². The molecule has 0 fully saturated rings. The molecule has 5 rings (SSSR count). The van der Waals surface area contributed by atoms with Crippen molar-refractivity contribution in [3.05, 3.63) is 94.3 Å². The molecule has 3 N–H and O–H groups in total. The van der Waals surface area contributed by atoms with Gasteiger partial charge in [0.2, 0.25) is 0 Å². The fourth-order valence-electron chi connectivity index (χ4n) is 3.83. The Kier molecular flexibility index (Phi) is 5.21. The second kappa shape index (κ2) is 8.23. The van der Waals surface area contributed by atoms with E-state index >= 15 is 0 Å². The van der Waals surface area contributed by atoms with Crippen LogP contribution in [-0.2, 0) is 16.6 Å². The SMILES string of the molecule is COc1ccc(CNn2c(=O)c(C3=NS(=O)(=O)c4ccccc4N3)c(O)c3ccccc32)cc1. The number of ether oxygens (including phenoxy) is 1. The monoisotopic (exact) mass is 476 g/mol. The van der Waals surface area contributed by atoms with Gasteiger partial charge in [-0.05, 0) is 42.0 Å². The molecule has 3 aromatic carbocycles. The largest absolute Gasteiger partial charge is 0.506 e. The van der Waals surface area contributed by atoms with E-state index in [0.29, 0.717) is 23.2 Å². The first-order valence-electron chi connectivity index (χ1n) is 10.3. The van der Waals surface area contributed by atoms with Crippen molar-refractivity contribution in [3.8, 4) is 11.5 Å². The fraction of sp³-hybridized carbons (Fsp3) is 0.0833. The number of pyridine rings is 1. The van der Waals surface area contributed by atoms with E-state index in [0.717, 1.165) is 5.56 Å². The van der Waals surface area contributed by atoms with Crippen LogP contribution < -0.4 is 21.0 Å². The maximum Gasteiger partial charge on any atom is 0.286 e. The van der Waals surface area contributed by atoms with Crippen LogP contribution in [0.1, 0.15) is 11.1 Å². The summed E-state index contributed by atoms with van der Waals surface area (Å²) in [6.07, 6.45) is 0. The average Bonchev–Trinajstić information content (AvgIpc) is 2.84. The molecule has 1 aliphatic heterocycles. The molecule has 34 heavy (non-hydrogen) atoms. The van der Waals surface area contributed by atoms with E-state index in [1.807, 2.05) is 24.3 Å². The molecule has 1 aliphatic rings. The Morgan fingerprint density at radius 2 is 1.74 bits per heavy atom. The van der Waals surface area contributed by atoms with Gasteiger partial charge in [-0.2, -0.15) is 8.42 Å². The summed E-state index contributed by atoms with van der Waals surface area (Å²) < 4.78 is 35.7. The van der Waals surface area contributed by atoms with Crippen molar-refractivity contribution in [1.82, 2.24) is 4.68 Å². The van der Waals surface area contributed by atoms with Crippen LogP contribution in [-0.4, -0.2) is 31.1 Å². The van der Waals surface area contributed by atoms with E-state index in [-0.39, 0.29) is 27.7 Å². The number of aromatic nitrogens is 1.